The fourth-order valence-corrected chi connectivity index (χ4v) is 0.864. The molecule has 0 saturated heterocycles. The molecule has 6 heteroatoms. The highest BCUT2D eigenvalue weighted by Crippen LogP contribution is 2.09. The minimum absolute atomic E-state index is 0.284. The number of nitro groups is 1. The zero-order valence-electron chi connectivity index (χ0n) is 6.64. The second-order valence-electron chi connectivity index (χ2n) is 2.29. The third-order valence-corrected chi connectivity index (χ3v) is 1.40. The van der Waals surface area contributed by atoms with Crippen LogP contribution in [0.4, 0.5) is 5.82 Å². The Kier molecular flexibility index (Phi) is 1.90. The van der Waals surface area contributed by atoms with Crippen LogP contribution < -0.4 is 0 Å². The van der Waals surface area contributed by atoms with E-state index in [1.165, 1.54) is 13.8 Å². The van der Waals surface area contributed by atoms with E-state index in [2.05, 4.69) is 4.98 Å². The molecule has 0 unspecified atom stereocenters. The molecule has 0 saturated carbocycles. The lowest BCUT2D eigenvalue weighted by Crippen LogP contribution is -2.05. The number of carbonyl (C=O) groups is 1. The first-order valence-corrected chi connectivity index (χ1v) is 3.23. The van der Waals surface area contributed by atoms with Gasteiger partial charge >= 0.3 is 5.82 Å². The van der Waals surface area contributed by atoms with Crippen molar-refractivity contribution in [2.45, 2.75) is 13.8 Å². The van der Waals surface area contributed by atoms with Crippen LogP contribution in [0.5, 0.6) is 0 Å². The van der Waals surface area contributed by atoms with Crippen molar-refractivity contribution in [3.8, 4) is 0 Å². The summed E-state index contributed by atoms with van der Waals surface area (Å²) in [7, 11) is 0. The molecule has 1 aromatic rings. The van der Waals surface area contributed by atoms with Gasteiger partial charge in [-0.2, -0.15) is 0 Å². The minimum atomic E-state index is -0.632. The number of hydrogen-bond acceptors (Lipinski definition) is 4. The standard InChI is InChI=1S/C6H7N3O3/c1-4-7-6(9(11)12)3-8(4)5(2)10/h3H,1-2H3. The second kappa shape index (κ2) is 2.72. The molecule has 0 fully saturated rings. The number of aryl methyl sites for hydroxylation is 1. The Labute approximate surface area is 68.0 Å². The third-order valence-electron chi connectivity index (χ3n) is 1.40. The summed E-state index contributed by atoms with van der Waals surface area (Å²) in [4.78, 5) is 24.0. The Morgan fingerprint density at radius 1 is 1.75 bits per heavy atom. The Hall–Kier alpha value is -1.72. The first-order chi connectivity index (χ1) is 5.52. The fraction of sp³-hybridized carbons (Fsp3) is 0.333. The molecule has 6 nitrogen and oxygen atoms in total. The smallest absolute Gasteiger partial charge is 0.358 e. The molecule has 1 heterocycles. The molecule has 0 spiro atoms. The van der Waals surface area contributed by atoms with Crippen LogP contribution in [0.1, 0.15) is 17.5 Å². The summed E-state index contributed by atoms with van der Waals surface area (Å²) >= 11 is 0. The van der Waals surface area contributed by atoms with Crippen LogP contribution in [-0.4, -0.2) is 20.4 Å². The molecular weight excluding hydrogens is 162 g/mol. The highest BCUT2D eigenvalue weighted by molar-refractivity contribution is 5.77. The highest BCUT2D eigenvalue weighted by Gasteiger charge is 2.16. The van der Waals surface area contributed by atoms with Crippen LogP contribution in [0.2, 0.25) is 0 Å². The van der Waals surface area contributed by atoms with E-state index in [0.717, 1.165) is 10.8 Å². The number of imidazole rings is 1. The second-order valence-corrected chi connectivity index (χ2v) is 2.29. The van der Waals surface area contributed by atoms with E-state index in [1.807, 2.05) is 0 Å². The average molecular weight is 169 g/mol. The molecule has 0 aromatic carbocycles. The fourth-order valence-electron chi connectivity index (χ4n) is 0.864. The van der Waals surface area contributed by atoms with Crippen molar-refractivity contribution in [2.75, 3.05) is 0 Å². The van der Waals surface area contributed by atoms with E-state index in [9.17, 15) is 14.9 Å². The van der Waals surface area contributed by atoms with E-state index in [0.29, 0.717) is 5.82 Å². The maximum absolute atomic E-state index is 10.8. The molecule has 0 radical (unpaired) electrons. The summed E-state index contributed by atoms with van der Waals surface area (Å²) < 4.78 is 1.14. The normalized spacial score (nSPS) is 9.83. The summed E-state index contributed by atoms with van der Waals surface area (Å²) in [5.74, 6) is -0.259. The summed E-state index contributed by atoms with van der Waals surface area (Å²) in [6.45, 7) is 2.85. The van der Waals surface area contributed by atoms with Crippen molar-refractivity contribution in [1.82, 2.24) is 9.55 Å². The van der Waals surface area contributed by atoms with E-state index >= 15 is 0 Å². The molecule has 1 aromatic heterocycles. The Bertz CT molecular complexity index is 342. The van der Waals surface area contributed by atoms with Gasteiger partial charge in [0.2, 0.25) is 11.7 Å². The molecule has 0 aliphatic rings. The van der Waals surface area contributed by atoms with Crippen molar-refractivity contribution in [3.05, 3.63) is 22.1 Å². The van der Waals surface area contributed by atoms with E-state index in [1.54, 1.807) is 0 Å². The largest absolute Gasteiger partial charge is 0.382 e. The van der Waals surface area contributed by atoms with Gasteiger partial charge < -0.3 is 10.1 Å². The summed E-state index contributed by atoms with van der Waals surface area (Å²) in [5, 5.41) is 10.2. The summed E-state index contributed by atoms with van der Waals surface area (Å²) in [6.07, 6.45) is 1.11. The monoisotopic (exact) mass is 169 g/mol. The topological polar surface area (TPSA) is 78.0 Å². The Balaban J connectivity index is 3.17. The molecule has 0 aliphatic heterocycles. The maximum atomic E-state index is 10.8. The molecule has 0 atom stereocenters. The molecule has 12 heavy (non-hydrogen) atoms. The van der Waals surface area contributed by atoms with Gasteiger partial charge in [-0.3, -0.25) is 4.79 Å². The van der Waals surface area contributed by atoms with Crippen molar-refractivity contribution >= 4 is 11.7 Å². The van der Waals surface area contributed by atoms with Crippen molar-refractivity contribution in [3.63, 3.8) is 0 Å². The van der Waals surface area contributed by atoms with Crippen molar-refractivity contribution in [2.24, 2.45) is 0 Å². The van der Waals surface area contributed by atoms with Gasteiger partial charge in [-0.05, 0) is 9.91 Å². The minimum Gasteiger partial charge on any atom is -0.358 e. The molecule has 0 amide bonds. The van der Waals surface area contributed by atoms with Gasteiger partial charge in [-0.1, -0.05) is 0 Å². The molecular formula is C6H7N3O3. The van der Waals surface area contributed by atoms with Gasteiger partial charge in [0.05, 0.1) is 0 Å². The van der Waals surface area contributed by atoms with Crippen LogP contribution in [0.15, 0.2) is 6.20 Å². The Morgan fingerprint density at radius 2 is 2.33 bits per heavy atom. The number of rotatable bonds is 1. The first-order valence-electron chi connectivity index (χ1n) is 3.23. The molecule has 0 bridgehead atoms. The van der Waals surface area contributed by atoms with Gasteiger partial charge in [-0.25, -0.2) is 4.57 Å². The van der Waals surface area contributed by atoms with Gasteiger partial charge in [0.1, 0.15) is 6.20 Å². The van der Waals surface area contributed by atoms with E-state index in [-0.39, 0.29) is 11.7 Å². The third kappa shape index (κ3) is 1.31. The zero-order chi connectivity index (χ0) is 9.30. The SMILES string of the molecule is CC(=O)n1cc([N+](=O)[O-])nc1C. The number of carbonyl (C=O) groups excluding carboxylic acids is 1. The lowest BCUT2D eigenvalue weighted by atomic mass is 10.6. The number of nitrogens with zero attached hydrogens (tertiary/aromatic N) is 3. The van der Waals surface area contributed by atoms with Crippen LogP contribution in [0, 0.1) is 17.0 Å². The predicted octanol–water partition coefficient (Wildman–Crippen LogP) is 0.760. The maximum Gasteiger partial charge on any atom is 0.382 e. The van der Waals surface area contributed by atoms with Crippen molar-refractivity contribution in [1.29, 1.82) is 0 Å². The molecule has 0 N–H and O–H groups in total. The zero-order valence-corrected chi connectivity index (χ0v) is 6.64. The quantitative estimate of drug-likeness (QED) is 0.459. The summed E-state index contributed by atoms with van der Waals surface area (Å²) in [5.41, 5.74) is 0. The van der Waals surface area contributed by atoms with Crippen molar-refractivity contribution < 1.29 is 9.72 Å². The molecule has 1 rings (SSSR count). The number of hydrogen-bond donors (Lipinski definition) is 0. The Morgan fingerprint density at radius 3 is 2.58 bits per heavy atom. The van der Waals surface area contributed by atoms with Crippen LogP contribution in [0.25, 0.3) is 0 Å². The average Bonchev–Trinajstić information content (AvgIpc) is 2.30. The highest BCUT2D eigenvalue weighted by atomic mass is 16.6. The predicted molar refractivity (Wildman–Crippen MR) is 39.9 cm³/mol. The van der Waals surface area contributed by atoms with Crippen LogP contribution in [-0.2, 0) is 0 Å². The van der Waals surface area contributed by atoms with E-state index < -0.39 is 4.92 Å². The summed E-state index contributed by atoms with van der Waals surface area (Å²) in [6, 6.07) is 0. The van der Waals surface area contributed by atoms with Gasteiger partial charge in [0.25, 0.3) is 0 Å². The van der Waals surface area contributed by atoms with E-state index in [4.69, 9.17) is 0 Å². The van der Waals surface area contributed by atoms with Gasteiger partial charge in [0.15, 0.2) is 0 Å². The molecule has 64 valence electrons. The van der Waals surface area contributed by atoms with Gasteiger partial charge in [-0.15, -0.1) is 0 Å². The van der Waals surface area contributed by atoms with Gasteiger partial charge in [0, 0.05) is 13.8 Å². The van der Waals surface area contributed by atoms with Crippen LogP contribution >= 0.6 is 0 Å². The lowest BCUT2D eigenvalue weighted by molar-refractivity contribution is -0.389. The van der Waals surface area contributed by atoms with Crippen LogP contribution in [0.3, 0.4) is 0 Å². The first kappa shape index (κ1) is 8.38. The molecule has 0 aliphatic carbocycles. The number of aromatic nitrogens is 2. The lowest BCUT2D eigenvalue weighted by Gasteiger charge is -1.90.